The Morgan fingerprint density at radius 3 is 2.23 bits per heavy atom. The van der Waals surface area contributed by atoms with Crippen LogP contribution in [0.15, 0.2) is 0 Å². The Balaban J connectivity index is 4.05. The number of amidine groups is 1. The molecule has 0 saturated heterocycles. The van der Waals surface area contributed by atoms with Crippen molar-refractivity contribution >= 4 is 5.84 Å². The third kappa shape index (κ3) is 4.27. The van der Waals surface area contributed by atoms with E-state index < -0.39 is 0 Å². The summed E-state index contributed by atoms with van der Waals surface area (Å²) in [6, 6.07) is 0.119. The summed E-state index contributed by atoms with van der Waals surface area (Å²) < 4.78 is 0. The van der Waals surface area contributed by atoms with Gasteiger partial charge in [-0.1, -0.05) is 27.2 Å². The molecule has 2 unspecified atom stereocenters. The van der Waals surface area contributed by atoms with Gasteiger partial charge in [0.05, 0.1) is 6.04 Å². The molecule has 0 aliphatic carbocycles. The molecule has 0 amide bonds. The fraction of sp³-hybridized carbons (Fsp3) is 0.900. The summed E-state index contributed by atoms with van der Waals surface area (Å²) in [5.41, 5.74) is 5.51. The lowest BCUT2D eigenvalue weighted by molar-refractivity contribution is 0.247. The van der Waals surface area contributed by atoms with Crippen LogP contribution in [0.5, 0.6) is 0 Å². The van der Waals surface area contributed by atoms with Crippen molar-refractivity contribution in [3.05, 3.63) is 0 Å². The normalized spacial score (nSPS) is 15.8. The number of nitrogens with one attached hydrogen (secondary N) is 1. The minimum atomic E-state index is 0.119. The molecule has 78 valence electrons. The summed E-state index contributed by atoms with van der Waals surface area (Å²) in [6.07, 6.45) is 2.10. The zero-order valence-electron chi connectivity index (χ0n) is 9.30. The lowest BCUT2D eigenvalue weighted by Gasteiger charge is -2.28. The molecule has 3 N–H and O–H groups in total. The van der Waals surface area contributed by atoms with Gasteiger partial charge in [-0.05, 0) is 19.4 Å². The minimum absolute atomic E-state index is 0.119. The van der Waals surface area contributed by atoms with Crippen LogP contribution in [-0.2, 0) is 0 Å². The third-order valence-electron chi connectivity index (χ3n) is 2.57. The second-order valence-electron chi connectivity index (χ2n) is 3.83. The molecule has 3 heteroatoms. The molecule has 0 aliphatic heterocycles. The molecule has 0 aliphatic rings. The van der Waals surface area contributed by atoms with Crippen molar-refractivity contribution in [1.29, 1.82) is 5.41 Å². The molecule has 0 heterocycles. The highest BCUT2D eigenvalue weighted by Gasteiger charge is 2.16. The van der Waals surface area contributed by atoms with Gasteiger partial charge in [-0.25, -0.2) is 0 Å². The maximum atomic E-state index is 7.42. The minimum Gasteiger partial charge on any atom is -0.386 e. The summed E-state index contributed by atoms with van der Waals surface area (Å²) in [6.45, 7) is 7.50. The molecule has 0 aromatic carbocycles. The monoisotopic (exact) mass is 185 g/mol. The first-order valence-corrected chi connectivity index (χ1v) is 5.07. The highest BCUT2D eigenvalue weighted by Crippen LogP contribution is 2.07. The molecule has 0 spiro atoms. The smallest absolute Gasteiger partial charge is 0.108 e. The Morgan fingerprint density at radius 2 is 1.92 bits per heavy atom. The summed E-state index contributed by atoms with van der Waals surface area (Å²) in [4.78, 5) is 2.18. The van der Waals surface area contributed by atoms with Crippen molar-refractivity contribution in [2.75, 3.05) is 13.6 Å². The molecule has 0 aromatic rings. The lowest BCUT2D eigenvalue weighted by atomic mass is 10.1. The van der Waals surface area contributed by atoms with E-state index in [1.165, 1.54) is 6.42 Å². The Hall–Kier alpha value is -0.570. The van der Waals surface area contributed by atoms with E-state index in [1.807, 2.05) is 7.05 Å². The van der Waals surface area contributed by atoms with Gasteiger partial charge in [-0.15, -0.1) is 0 Å². The van der Waals surface area contributed by atoms with Crippen LogP contribution in [0, 0.1) is 11.3 Å². The number of nitrogens with zero attached hydrogens (tertiary/aromatic N) is 1. The van der Waals surface area contributed by atoms with Crippen molar-refractivity contribution in [3.63, 3.8) is 0 Å². The predicted molar refractivity (Wildman–Crippen MR) is 58.1 cm³/mol. The van der Waals surface area contributed by atoms with E-state index in [0.717, 1.165) is 13.0 Å². The fourth-order valence-electron chi connectivity index (χ4n) is 1.52. The van der Waals surface area contributed by atoms with Crippen LogP contribution in [0.1, 0.15) is 33.6 Å². The average molecular weight is 185 g/mol. The van der Waals surface area contributed by atoms with Gasteiger partial charge >= 0.3 is 0 Å². The number of nitrogens with two attached hydrogens (primary N) is 1. The molecule has 2 atom stereocenters. The Morgan fingerprint density at radius 1 is 1.38 bits per heavy atom. The van der Waals surface area contributed by atoms with Crippen molar-refractivity contribution < 1.29 is 0 Å². The molecule has 0 radical (unpaired) electrons. The van der Waals surface area contributed by atoms with E-state index in [2.05, 4.69) is 25.7 Å². The highest BCUT2D eigenvalue weighted by atomic mass is 15.1. The maximum Gasteiger partial charge on any atom is 0.108 e. The highest BCUT2D eigenvalue weighted by molar-refractivity contribution is 5.82. The van der Waals surface area contributed by atoms with Gasteiger partial charge in [0, 0.05) is 6.54 Å². The number of rotatable bonds is 6. The zero-order chi connectivity index (χ0) is 10.4. The second kappa shape index (κ2) is 5.97. The van der Waals surface area contributed by atoms with Gasteiger partial charge in [0.15, 0.2) is 0 Å². The van der Waals surface area contributed by atoms with Crippen molar-refractivity contribution in [2.45, 2.75) is 39.7 Å². The molecule has 0 aromatic heterocycles. The van der Waals surface area contributed by atoms with E-state index in [4.69, 9.17) is 11.1 Å². The standard InChI is InChI=1S/C10H23N3/c1-5-8(3)7-13(4)9(6-2)10(11)12/h8-9H,5-7H2,1-4H3,(H3,11,12). The van der Waals surface area contributed by atoms with Crippen LogP contribution in [-0.4, -0.2) is 30.4 Å². The molecule has 0 rings (SSSR count). The third-order valence-corrected chi connectivity index (χ3v) is 2.57. The Labute approximate surface area is 81.8 Å². The quantitative estimate of drug-likeness (QED) is 0.488. The first kappa shape index (κ1) is 12.4. The van der Waals surface area contributed by atoms with Crippen LogP contribution >= 0.6 is 0 Å². The summed E-state index contributed by atoms with van der Waals surface area (Å²) in [5, 5.41) is 7.42. The topological polar surface area (TPSA) is 53.1 Å². The van der Waals surface area contributed by atoms with Crippen LogP contribution in [0.3, 0.4) is 0 Å². The molecule has 13 heavy (non-hydrogen) atoms. The van der Waals surface area contributed by atoms with Crippen LogP contribution in [0.2, 0.25) is 0 Å². The van der Waals surface area contributed by atoms with Crippen LogP contribution in [0.25, 0.3) is 0 Å². The Kier molecular flexibility index (Phi) is 5.71. The number of hydrogen-bond acceptors (Lipinski definition) is 2. The maximum absolute atomic E-state index is 7.42. The van der Waals surface area contributed by atoms with Gasteiger partial charge < -0.3 is 5.73 Å². The molecule has 0 saturated carbocycles. The first-order valence-electron chi connectivity index (χ1n) is 5.07. The fourth-order valence-corrected chi connectivity index (χ4v) is 1.52. The summed E-state index contributed by atoms with van der Waals surface area (Å²) in [7, 11) is 2.04. The van der Waals surface area contributed by atoms with Gasteiger partial charge in [-0.2, -0.15) is 0 Å². The second-order valence-corrected chi connectivity index (χ2v) is 3.83. The van der Waals surface area contributed by atoms with Gasteiger partial charge in [-0.3, -0.25) is 10.3 Å². The lowest BCUT2D eigenvalue weighted by Crippen LogP contribution is -2.43. The molecule has 0 bridgehead atoms. The SMILES string of the molecule is CCC(C)CN(C)C(CC)C(=N)N. The molecular formula is C10H23N3. The number of hydrogen-bond donors (Lipinski definition) is 2. The molecule has 0 fully saturated rings. The Bertz CT molecular complexity index is 156. The first-order chi connectivity index (χ1) is 6.02. The average Bonchev–Trinajstić information content (AvgIpc) is 2.04. The van der Waals surface area contributed by atoms with E-state index in [1.54, 1.807) is 0 Å². The van der Waals surface area contributed by atoms with Gasteiger partial charge in [0.25, 0.3) is 0 Å². The summed E-state index contributed by atoms with van der Waals surface area (Å²) in [5.74, 6) is 0.965. The molecule has 3 nitrogen and oxygen atoms in total. The van der Waals surface area contributed by atoms with Gasteiger partial charge in [0.1, 0.15) is 5.84 Å². The van der Waals surface area contributed by atoms with E-state index in [9.17, 15) is 0 Å². The zero-order valence-corrected chi connectivity index (χ0v) is 9.30. The number of likely N-dealkylation sites (N-methyl/N-ethyl adjacent to an activating group) is 1. The van der Waals surface area contributed by atoms with E-state index in [-0.39, 0.29) is 11.9 Å². The van der Waals surface area contributed by atoms with Crippen LogP contribution in [0.4, 0.5) is 0 Å². The summed E-state index contributed by atoms with van der Waals surface area (Å²) >= 11 is 0. The molecular weight excluding hydrogens is 162 g/mol. The van der Waals surface area contributed by atoms with E-state index in [0.29, 0.717) is 5.92 Å². The van der Waals surface area contributed by atoms with E-state index >= 15 is 0 Å². The van der Waals surface area contributed by atoms with Crippen molar-refractivity contribution in [2.24, 2.45) is 11.7 Å². The van der Waals surface area contributed by atoms with Gasteiger partial charge in [0.2, 0.25) is 0 Å². The van der Waals surface area contributed by atoms with Crippen molar-refractivity contribution in [1.82, 2.24) is 4.90 Å². The predicted octanol–water partition coefficient (Wildman–Crippen LogP) is 1.68. The van der Waals surface area contributed by atoms with Crippen molar-refractivity contribution in [3.8, 4) is 0 Å². The van der Waals surface area contributed by atoms with Crippen LogP contribution < -0.4 is 5.73 Å². The largest absolute Gasteiger partial charge is 0.386 e.